The van der Waals surface area contributed by atoms with Crippen LogP contribution >= 0.6 is 11.6 Å². The van der Waals surface area contributed by atoms with Crippen LogP contribution in [0.15, 0.2) is 12.1 Å². The fraction of sp³-hybridized carbons (Fsp3) is 0.125. The van der Waals surface area contributed by atoms with E-state index in [2.05, 4.69) is 5.32 Å². The van der Waals surface area contributed by atoms with Crippen molar-refractivity contribution in [2.75, 3.05) is 18.1 Å². The summed E-state index contributed by atoms with van der Waals surface area (Å²) in [5, 5.41) is 10.6. The van der Waals surface area contributed by atoms with E-state index < -0.39 is 0 Å². The molecule has 0 spiro atoms. The van der Waals surface area contributed by atoms with Crippen LogP contribution < -0.4 is 11.1 Å². The summed E-state index contributed by atoms with van der Waals surface area (Å²) in [5.74, 6) is 0. The standard InChI is InChI=1S/C8H10ClN3/c1-12-8-3-5(9)2-7(11)6(8)4-10/h2-4,10,12H,11H2,1H3. The fourth-order valence-corrected chi connectivity index (χ4v) is 1.23. The number of nitrogens with one attached hydrogen (secondary N) is 2. The first-order valence-electron chi connectivity index (χ1n) is 3.46. The second-order valence-corrected chi connectivity index (χ2v) is 2.79. The number of benzene rings is 1. The molecule has 0 heterocycles. The van der Waals surface area contributed by atoms with Crippen LogP contribution in [0.5, 0.6) is 0 Å². The molecule has 0 aliphatic carbocycles. The van der Waals surface area contributed by atoms with Crippen LogP contribution in [-0.2, 0) is 0 Å². The van der Waals surface area contributed by atoms with Crippen molar-refractivity contribution in [1.29, 1.82) is 5.41 Å². The van der Waals surface area contributed by atoms with Gasteiger partial charge in [-0.05, 0) is 12.1 Å². The third kappa shape index (κ3) is 1.51. The third-order valence-corrected chi connectivity index (χ3v) is 1.81. The zero-order valence-corrected chi connectivity index (χ0v) is 7.44. The van der Waals surface area contributed by atoms with Gasteiger partial charge in [0.1, 0.15) is 0 Å². The number of nitrogen functional groups attached to an aromatic ring is 1. The summed E-state index contributed by atoms with van der Waals surface area (Å²) < 4.78 is 0. The van der Waals surface area contributed by atoms with Crippen molar-refractivity contribution in [1.82, 2.24) is 0 Å². The molecule has 1 aromatic rings. The average Bonchev–Trinajstić information content (AvgIpc) is 2.03. The van der Waals surface area contributed by atoms with E-state index in [0.717, 1.165) is 5.69 Å². The monoisotopic (exact) mass is 183 g/mol. The zero-order chi connectivity index (χ0) is 9.14. The van der Waals surface area contributed by atoms with Gasteiger partial charge in [-0.25, -0.2) is 0 Å². The quantitative estimate of drug-likeness (QED) is 0.485. The van der Waals surface area contributed by atoms with E-state index in [4.69, 9.17) is 22.7 Å². The second-order valence-electron chi connectivity index (χ2n) is 2.35. The van der Waals surface area contributed by atoms with Crippen LogP contribution in [0.1, 0.15) is 5.56 Å². The van der Waals surface area contributed by atoms with Crippen molar-refractivity contribution in [3.05, 3.63) is 22.7 Å². The summed E-state index contributed by atoms with van der Waals surface area (Å²) in [6.45, 7) is 0. The molecule has 0 saturated heterocycles. The first kappa shape index (κ1) is 8.87. The van der Waals surface area contributed by atoms with Crippen LogP contribution in [0.4, 0.5) is 11.4 Å². The van der Waals surface area contributed by atoms with Crippen LogP contribution in [-0.4, -0.2) is 13.3 Å². The highest BCUT2D eigenvalue weighted by atomic mass is 35.5. The normalized spacial score (nSPS) is 9.50. The molecule has 0 radical (unpaired) electrons. The molecule has 0 atom stereocenters. The molecule has 0 amide bonds. The van der Waals surface area contributed by atoms with Gasteiger partial charge in [0.25, 0.3) is 0 Å². The van der Waals surface area contributed by atoms with Crippen molar-refractivity contribution in [2.45, 2.75) is 0 Å². The van der Waals surface area contributed by atoms with Gasteiger partial charge in [0.05, 0.1) is 0 Å². The van der Waals surface area contributed by atoms with E-state index in [0.29, 0.717) is 16.3 Å². The molecule has 1 aromatic carbocycles. The Morgan fingerprint density at radius 3 is 2.75 bits per heavy atom. The number of nitrogens with two attached hydrogens (primary N) is 1. The smallest absolute Gasteiger partial charge is 0.0462 e. The minimum Gasteiger partial charge on any atom is -0.398 e. The molecule has 0 unspecified atom stereocenters. The van der Waals surface area contributed by atoms with Crippen molar-refractivity contribution < 1.29 is 0 Å². The van der Waals surface area contributed by atoms with Gasteiger partial charge >= 0.3 is 0 Å². The molecule has 3 nitrogen and oxygen atoms in total. The lowest BCUT2D eigenvalue weighted by Gasteiger charge is -2.07. The number of hydrogen-bond acceptors (Lipinski definition) is 3. The summed E-state index contributed by atoms with van der Waals surface area (Å²) in [6.07, 6.45) is 1.21. The number of halogens is 1. The Kier molecular flexibility index (Phi) is 2.55. The Balaban J connectivity index is 3.33. The van der Waals surface area contributed by atoms with Crippen LogP contribution in [0.25, 0.3) is 0 Å². The molecule has 0 saturated carbocycles. The second kappa shape index (κ2) is 3.45. The van der Waals surface area contributed by atoms with Gasteiger partial charge in [-0.1, -0.05) is 11.6 Å². The van der Waals surface area contributed by atoms with Gasteiger partial charge in [-0.2, -0.15) is 0 Å². The van der Waals surface area contributed by atoms with E-state index in [-0.39, 0.29) is 0 Å². The summed E-state index contributed by atoms with van der Waals surface area (Å²) in [5.41, 5.74) is 7.59. The Morgan fingerprint density at radius 1 is 1.58 bits per heavy atom. The van der Waals surface area contributed by atoms with E-state index in [1.165, 1.54) is 6.21 Å². The fourth-order valence-electron chi connectivity index (χ4n) is 1.01. The molecule has 0 aliphatic heterocycles. The van der Waals surface area contributed by atoms with Crippen molar-refractivity contribution in [3.8, 4) is 0 Å². The van der Waals surface area contributed by atoms with E-state index in [1.807, 2.05) is 0 Å². The van der Waals surface area contributed by atoms with Gasteiger partial charge in [0.15, 0.2) is 0 Å². The summed E-state index contributed by atoms with van der Waals surface area (Å²) in [6, 6.07) is 3.36. The summed E-state index contributed by atoms with van der Waals surface area (Å²) in [7, 11) is 1.76. The lowest BCUT2D eigenvalue weighted by molar-refractivity contribution is 1.47. The van der Waals surface area contributed by atoms with Crippen LogP contribution in [0.2, 0.25) is 5.02 Å². The molecule has 1 rings (SSSR count). The van der Waals surface area contributed by atoms with E-state index in [1.54, 1.807) is 19.2 Å². The van der Waals surface area contributed by atoms with E-state index >= 15 is 0 Å². The highest BCUT2D eigenvalue weighted by molar-refractivity contribution is 6.31. The van der Waals surface area contributed by atoms with Crippen LogP contribution in [0.3, 0.4) is 0 Å². The minimum atomic E-state index is 0.516. The van der Waals surface area contributed by atoms with Gasteiger partial charge in [-0.15, -0.1) is 0 Å². The van der Waals surface area contributed by atoms with Gasteiger partial charge in [-0.3, -0.25) is 0 Å². The van der Waals surface area contributed by atoms with Gasteiger partial charge in [0.2, 0.25) is 0 Å². The Hall–Kier alpha value is -1.22. The molecule has 0 fully saturated rings. The molecule has 0 bridgehead atoms. The predicted octanol–water partition coefficient (Wildman–Crippen LogP) is 1.96. The number of anilines is 2. The molecular weight excluding hydrogens is 174 g/mol. The highest BCUT2D eigenvalue weighted by Crippen LogP contribution is 2.25. The third-order valence-electron chi connectivity index (χ3n) is 1.59. The van der Waals surface area contributed by atoms with Crippen molar-refractivity contribution in [2.24, 2.45) is 0 Å². The van der Waals surface area contributed by atoms with Gasteiger partial charge in [0, 0.05) is 35.2 Å². The topological polar surface area (TPSA) is 61.9 Å². The Morgan fingerprint density at radius 2 is 2.25 bits per heavy atom. The lowest BCUT2D eigenvalue weighted by atomic mass is 10.1. The number of rotatable bonds is 2. The molecule has 4 heteroatoms. The van der Waals surface area contributed by atoms with Gasteiger partial charge < -0.3 is 16.5 Å². The first-order chi connectivity index (χ1) is 5.69. The zero-order valence-electron chi connectivity index (χ0n) is 6.69. The number of hydrogen-bond donors (Lipinski definition) is 3. The Labute approximate surface area is 76.0 Å². The van der Waals surface area contributed by atoms with E-state index in [9.17, 15) is 0 Å². The predicted molar refractivity (Wildman–Crippen MR) is 53.3 cm³/mol. The minimum absolute atomic E-state index is 0.516. The largest absolute Gasteiger partial charge is 0.398 e. The molecule has 0 aromatic heterocycles. The molecule has 64 valence electrons. The van der Waals surface area contributed by atoms with Crippen LogP contribution in [0, 0.1) is 5.41 Å². The molecule has 12 heavy (non-hydrogen) atoms. The van der Waals surface area contributed by atoms with Crippen molar-refractivity contribution >= 4 is 29.2 Å². The molecule has 4 N–H and O–H groups in total. The molecular formula is C8H10ClN3. The molecule has 0 aliphatic rings. The first-order valence-corrected chi connectivity index (χ1v) is 3.84. The lowest BCUT2D eigenvalue weighted by Crippen LogP contribution is -1.99. The summed E-state index contributed by atoms with van der Waals surface area (Å²) >= 11 is 5.76. The Bertz CT molecular complexity index is 309. The average molecular weight is 184 g/mol. The highest BCUT2D eigenvalue weighted by Gasteiger charge is 2.03. The maximum absolute atomic E-state index is 7.11. The SMILES string of the molecule is CNc1cc(Cl)cc(N)c1C=N. The maximum Gasteiger partial charge on any atom is 0.0462 e. The van der Waals surface area contributed by atoms with Crippen molar-refractivity contribution in [3.63, 3.8) is 0 Å². The summed E-state index contributed by atoms with van der Waals surface area (Å²) in [4.78, 5) is 0. The maximum atomic E-state index is 7.11.